The van der Waals surface area contributed by atoms with E-state index in [1.165, 1.54) is 0 Å². The molecule has 0 aromatic carbocycles. The number of hydrogen-bond donors (Lipinski definition) is 1. The van der Waals surface area contributed by atoms with Crippen molar-refractivity contribution in [3.63, 3.8) is 0 Å². The second-order valence-electron chi connectivity index (χ2n) is 2.90. The van der Waals surface area contributed by atoms with Gasteiger partial charge in [-0.2, -0.15) is 0 Å². The minimum Gasteiger partial charge on any atom is -0.377 e. The van der Waals surface area contributed by atoms with E-state index in [1.54, 1.807) is 0 Å². The third-order valence-corrected chi connectivity index (χ3v) is 1.83. The molecule has 44 valence electrons. The highest BCUT2D eigenvalue weighted by Crippen LogP contribution is 2.21. The van der Waals surface area contributed by atoms with Crippen LogP contribution in [-0.4, -0.2) is 11.1 Å². The van der Waals surface area contributed by atoms with Crippen LogP contribution in [0.1, 0.15) is 20.8 Å². The second-order valence-corrected chi connectivity index (χ2v) is 3.57. The molecule has 2 heteroatoms. The Kier molecular flexibility index (Phi) is 2.78. The van der Waals surface area contributed by atoms with Gasteiger partial charge in [0.05, 0.1) is 0 Å². The maximum Gasteiger partial charge on any atom is 0.0112 e. The van der Waals surface area contributed by atoms with Gasteiger partial charge in [0.1, 0.15) is 0 Å². The highest BCUT2D eigenvalue weighted by molar-refractivity contribution is 7.31. The molecule has 0 saturated heterocycles. The van der Waals surface area contributed by atoms with Crippen molar-refractivity contribution in [2.24, 2.45) is 5.41 Å². The lowest BCUT2D eigenvalue weighted by Crippen LogP contribution is -2.06. The lowest BCUT2D eigenvalue weighted by atomic mass is 10.0. The van der Waals surface area contributed by atoms with E-state index >= 15 is 0 Å². The standard InChI is InChI=1S/C5H13OP/c1-5(2,3)4-7-6/h6-7H,4H2,1-3H3. The largest absolute Gasteiger partial charge is 0.377 e. The molecule has 1 unspecified atom stereocenters. The smallest absolute Gasteiger partial charge is 0.0112 e. The Labute approximate surface area is 47.0 Å². The van der Waals surface area contributed by atoms with Crippen molar-refractivity contribution >= 4 is 8.81 Å². The predicted octanol–water partition coefficient (Wildman–Crippen LogP) is 1.62. The summed E-state index contributed by atoms with van der Waals surface area (Å²) in [6, 6.07) is 0. The molecule has 1 atom stereocenters. The van der Waals surface area contributed by atoms with Gasteiger partial charge < -0.3 is 4.89 Å². The molecule has 0 fully saturated rings. The molecule has 0 spiro atoms. The highest BCUT2D eigenvalue weighted by Gasteiger charge is 2.07. The first-order valence-corrected chi connectivity index (χ1v) is 3.59. The fraction of sp³-hybridized carbons (Fsp3) is 1.00. The molecule has 0 aromatic rings. The van der Waals surface area contributed by atoms with Crippen molar-refractivity contribution in [3.8, 4) is 0 Å². The molecule has 1 N–H and O–H groups in total. The van der Waals surface area contributed by atoms with E-state index < -0.39 is 0 Å². The van der Waals surface area contributed by atoms with Crippen molar-refractivity contribution in [1.82, 2.24) is 0 Å². The van der Waals surface area contributed by atoms with E-state index in [-0.39, 0.29) is 8.81 Å². The van der Waals surface area contributed by atoms with Crippen LogP contribution in [0.2, 0.25) is 0 Å². The first-order valence-electron chi connectivity index (χ1n) is 2.43. The summed E-state index contributed by atoms with van der Waals surface area (Å²) in [5.74, 6) is 0. The van der Waals surface area contributed by atoms with Gasteiger partial charge in [0, 0.05) is 8.81 Å². The lowest BCUT2D eigenvalue weighted by molar-refractivity contribution is 0.467. The zero-order chi connectivity index (χ0) is 5.91. The molecular weight excluding hydrogens is 107 g/mol. The maximum atomic E-state index is 8.43. The Morgan fingerprint density at radius 3 is 1.86 bits per heavy atom. The summed E-state index contributed by atoms with van der Waals surface area (Å²) >= 11 is 0. The zero-order valence-corrected chi connectivity index (χ0v) is 6.15. The molecule has 0 radical (unpaired) electrons. The van der Waals surface area contributed by atoms with E-state index in [2.05, 4.69) is 20.8 Å². The van der Waals surface area contributed by atoms with Gasteiger partial charge in [0.15, 0.2) is 0 Å². The van der Waals surface area contributed by atoms with Gasteiger partial charge in [-0.25, -0.2) is 0 Å². The van der Waals surface area contributed by atoms with E-state index in [9.17, 15) is 0 Å². The summed E-state index contributed by atoms with van der Waals surface area (Å²) in [7, 11) is 0.109. The van der Waals surface area contributed by atoms with Crippen LogP contribution in [0.3, 0.4) is 0 Å². The number of rotatable bonds is 1. The van der Waals surface area contributed by atoms with E-state index in [0.29, 0.717) is 5.41 Å². The topological polar surface area (TPSA) is 20.2 Å². The van der Waals surface area contributed by atoms with Crippen molar-refractivity contribution in [2.45, 2.75) is 20.8 Å². The first kappa shape index (κ1) is 7.39. The quantitative estimate of drug-likeness (QED) is 0.521. The normalized spacial score (nSPS) is 13.7. The van der Waals surface area contributed by atoms with Crippen LogP contribution in [0.5, 0.6) is 0 Å². The molecule has 0 amide bonds. The zero-order valence-electron chi connectivity index (χ0n) is 5.15. The molecule has 7 heavy (non-hydrogen) atoms. The maximum absolute atomic E-state index is 8.43. The van der Waals surface area contributed by atoms with Crippen LogP contribution in [0.15, 0.2) is 0 Å². The van der Waals surface area contributed by atoms with E-state index in [0.717, 1.165) is 6.16 Å². The van der Waals surface area contributed by atoms with Gasteiger partial charge >= 0.3 is 0 Å². The first-order chi connectivity index (χ1) is 3.06. The second kappa shape index (κ2) is 2.64. The molecule has 0 saturated carbocycles. The van der Waals surface area contributed by atoms with Crippen LogP contribution >= 0.6 is 8.81 Å². The SMILES string of the molecule is CC(C)(C)CPO. The summed E-state index contributed by atoms with van der Waals surface area (Å²) in [6.07, 6.45) is 0.924. The van der Waals surface area contributed by atoms with Crippen LogP contribution < -0.4 is 0 Å². The molecule has 0 aliphatic rings. The fourth-order valence-corrected chi connectivity index (χ4v) is 0.712. The molecule has 0 aliphatic heterocycles. The molecule has 0 heterocycles. The summed E-state index contributed by atoms with van der Waals surface area (Å²) in [6.45, 7) is 6.36. The Morgan fingerprint density at radius 1 is 1.43 bits per heavy atom. The van der Waals surface area contributed by atoms with Crippen LogP contribution in [-0.2, 0) is 0 Å². The summed E-state index contributed by atoms with van der Waals surface area (Å²) in [5.41, 5.74) is 0.313. The Balaban J connectivity index is 3.15. The van der Waals surface area contributed by atoms with Crippen LogP contribution in [0.4, 0.5) is 0 Å². The molecule has 1 nitrogen and oxygen atoms in total. The van der Waals surface area contributed by atoms with Gasteiger partial charge in [0.2, 0.25) is 0 Å². The molecule has 0 bridgehead atoms. The molecule has 0 rings (SSSR count). The van der Waals surface area contributed by atoms with Gasteiger partial charge in [0.25, 0.3) is 0 Å². The molecular formula is C5H13OP. The fourth-order valence-electron chi connectivity index (χ4n) is 0.237. The van der Waals surface area contributed by atoms with E-state index in [1.807, 2.05) is 0 Å². The average molecular weight is 120 g/mol. The van der Waals surface area contributed by atoms with Crippen molar-refractivity contribution in [3.05, 3.63) is 0 Å². The van der Waals surface area contributed by atoms with Gasteiger partial charge in [-0.3, -0.25) is 0 Å². The Morgan fingerprint density at radius 2 is 1.86 bits per heavy atom. The van der Waals surface area contributed by atoms with Gasteiger partial charge in [-0.1, -0.05) is 20.8 Å². The summed E-state index contributed by atoms with van der Waals surface area (Å²) in [4.78, 5) is 8.43. The van der Waals surface area contributed by atoms with Crippen LogP contribution in [0, 0.1) is 5.41 Å². The minimum atomic E-state index is 0.109. The van der Waals surface area contributed by atoms with Crippen LogP contribution in [0.25, 0.3) is 0 Å². The van der Waals surface area contributed by atoms with Crippen molar-refractivity contribution < 1.29 is 4.89 Å². The minimum absolute atomic E-state index is 0.109. The molecule has 0 aliphatic carbocycles. The Bertz CT molecular complexity index is 46.5. The Hall–Kier alpha value is 0.390. The number of hydrogen-bond acceptors (Lipinski definition) is 1. The third kappa shape index (κ3) is 6.39. The monoisotopic (exact) mass is 120 g/mol. The molecule has 0 aromatic heterocycles. The van der Waals surface area contributed by atoms with Gasteiger partial charge in [-0.15, -0.1) is 0 Å². The summed E-state index contributed by atoms with van der Waals surface area (Å²) in [5, 5.41) is 0. The average Bonchev–Trinajstić information content (AvgIpc) is 1.30. The van der Waals surface area contributed by atoms with Crippen molar-refractivity contribution in [1.29, 1.82) is 0 Å². The highest BCUT2D eigenvalue weighted by atomic mass is 31.1. The predicted molar refractivity (Wildman–Crippen MR) is 34.9 cm³/mol. The van der Waals surface area contributed by atoms with Crippen molar-refractivity contribution in [2.75, 3.05) is 6.16 Å². The summed E-state index contributed by atoms with van der Waals surface area (Å²) < 4.78 is 0. The van der Waals surface area contributed by atoms with Gasteiger partial charge in [-0.05, 0) is 11.6 Å². The lowest BCUT2D eigenvalue weighted by Gasteiger charge is -2.14. The third-order valence-electron chi connectivity index (χ3n) is 0.609. The van der Waals surface area contributed by atoms with E-state index in [4.69, 9.17) is 4.89 Å².